The second-order valence-corrected chi connectivity index (χ2v) is 4.14. The van der Waals surface area contributed by atoms with Crippen LogP contribution < -0.4 is 4.74 Å². The topological polar surface area (TPSA) is 38.7 Å². The van der Waals surface area contributed by atoms with Crippen molar-refractivity contribution in [1.29, 1.82) is 0 Å². The zero-order valence-corrected chi connectivity index (χ0v) is 11.1. The molecule has 4 heteroatoms. The van der Waals surface area contributed by atoms with E-state index >= 15 is 0 Å². The Kier molecular flexibility index (Phi) is 4.18. The first-order valence-corrected chi connectivity index (χ1v) is 6.06. The van der Waals surface area contributed by atoms with E-state index in [2.05, 4.69) is 22.4 Å². The molecule has 0 aliphatic carbocycles. The van der Waals surface area contributed by atoms with E-state index in [1.165, 1.54) is 0 Å². The van der Waals surface area contributed by atoms with Gasteiger partial charge in [-0.15, -0.1) is 0 Å². The van der Waals surface area contributed by atoms with Crippen LogP contribution in [0.4, 0.5) is 5.69 Å². The first-order chi connectivity index (χ1) is 9.19. The summed E-state index contributed by atoms with van der Waals surface area (Å²) in [6.45, 7) is 1.96. The van der Waals surface area contributed by atoms with Crippen LogP contribution in [0.25, 0.3) is 0 Å². The number of isothiocyanates is 1. The summed E-state index contributed by atoms with van der Waals surface area (Å²) in [6.07, 6.45) is 0. The van der Waals surface area contributed by atoms with Crippen molar-refractivity contribution >= 4 is 29.0 Å². The van der Waals surface area contributed by atoms with Crippen molar-refractivity contribution in [2.45, 2.75) is 6.92 Å². The van der Waals surface area contributed by atoms with Crippen molar-refractivity contribution in [3.05, 3.63) is 59.7 Å². The van der Waals surface area contributed by atoms with Gasteiger partial charge in [-0.05, 0) is 43.4 Å². The van der Waals surface area contributed by atoms with Gasteiger partial charge in [-0.1, -0.05) is 23.8 Å². The lowest BCUT2D eigenvalue weighted by Crippen LogP contribution is -2.08. The lowest BCUT2D eigenvalue weighted by atomic mass is 10.1. The Morgan fingerprint density at radius 1 is 1.21 bits per heavy atom. The Bertz CT molecular complexity index is 643. The number of ether oxygens (including phenoxy) is 1. The monoisotopic (exact) mass is 269 g/mol. The molecule has 0 amide bonds. The normalized spacial score (nSPS) is 9.53. The van der Waals surface area contributed by atoms with Crippen LogP contribution in [0.3, 0.4) is 0 Å². The number of carbonyl (C=O) groups is 1. The van der Waals surface area contributed by atoms with Gasteiger partial charge in [-0.25, -0.2) is 4.79 Å². The number of esters is 1. The van der Waals surface area contributed by atoms with Gasteiger partial charge in [0.15, 0.2) is 0 Å². The van der Waals surface area contributed by atoms with E-state index in [1.807, 2.05) is 19.1 Å². The Labute approximate surface area is 116 Å². The standard InChI is InChI=1S/C15H11NO2S/c1-11-5-7-12(8-6-11)15(17)18-14-4-2-3-13(9-14)16-10-19/h2-9H,1H3. The molecule has 0 aromatic heterocycles. The summed E-state index contributed by atoms with van der Waals surface area (Å²) in [5.74, 6) is 0.0283. The molecule has 0 saturated carbocycles. The van der Waals surface area contributed by atoms with Gasteiger partial charge in [0.1, 0.15) is 5.75 Å². The largest absolute Gasteiger partial charge is 0.423 e. The molecule has 0 unspecified atom stereocenters. The van der Waals surface area contributed by atoms with Crippen LogP contribution in [-0.4, -0.2) is 11.1 Å². The first kappa shape index (κ1) is 13.1. The third-order valence-corrected chi connectivity index (χ3v) is 2.58. The van der Waals surface area contributed by atoms with Crippen LogP contribution in [-0.2, 0) is 0 Å². The molecule has 3 nitrogen and oxygen atoms in total. The maximum absolute atomic E-state index is 11.9. The molecular weight excluding hydrogens is 258 g/mol. The molecule has 0 fully saturated rings. The van der Waals surface area contributed by atoms with Crippen molar-refractivity contribution < 1.29 is 9.53 Å². The molecule has 0 heterocycles. The van der Waals surface area contributed by atoms with Crippen LogP contribution in [0, 0.1) is 6.92 Å². The minimum atomic E-state index is -0.400. The van der Waals surface area contributed by atoms with E-state index in [0.717, 1.165) is 5.56 Å². The number of hydrogen-bond acceptors (Lipinski definition) is 4. The van der Waals surface area contributed by atoms with Crippen molar-refractivity contribution in [2.24, 2.45) is 4.99 Å². The summed E-state index contributed by atoms with van der Waals surface area (Å²) < 4.78 is 5.27. The van der Waals surface area contributed by atoms with Crippen LogP contribution in [0.2, 0.25) is 0 Å². The van der Waals surface area contributed by atoms with Crippen molar-refractivity contribution in [3.8, 4) is 5.75 Å². The van der Waals surface area contributed by atoms with Gasteiger partial charge in [0.25, 0.3) is 0 Å². The van der Waals surface area contributed by atoms with E-state index in [0.29, 0.717) is 17.0 Å². The predicted octanol–water partition coefficient (Wildman–Crippen LogP) is 3.95. The highest BCUT2D eigenvalue weighted by atomic mass is 32.1. The number of benzene rings is 2. The number of nitrogens with zero attached hydrogens (tertiary/aromatic N) is 1. The van der Waals surface area contributed by atoms with Crippen molar-refractivity contribution in [3.63, 3.8) is 0 Å². The average Bonchev–Trinajstić information content (AvgIpc) is 2.40. The van der Waals surface area contributed by atoms with Gasteiger partial charge in [-0.2, -0.15) is 4.99 Å². The second kappa shape index (κ2) is 6.05. The summed E-state index contributed by atoms with van der Waals surface area (Å²) in [6, 6.07) is 14.0. The zero-order chi connectivity index (χ0) is 13.7. The molecule has 2 aromatic rings. The molecule has 0 spiro atoms. The van der Waals surface area contributed by atoms with Crippen LogP contribution in [0.1, 0.15) is 15.9 Å². The number of carbonyl (C=O) groups excluding carboxylic acids is 1. The number of aryl methyl sites for hydroxylation is 1. The molecule has 0 radical (unpaired) electrons. The summed E-state index contributed by atoms with van der Waals surface area (Å²) in [7, 11) is 0. The highest BCUT2D eigenvalue weighted by molar-refractivity contribution is 7.78. The van der Waals surface area contributed by atoms with E-state index < -0.39 is 5.97 Å². The Morgan fingerprint density at radius 2 is 1.95 bits per heavy atom. The Hall–Kier alpha value is -2.29. The summed E-state index contributed by atoms with van der Waals surface area (Å²) >= 11 is 4.53. The van der Waals surface area contributed by atoms with Crippen LogP contribution in [0.5, 0.6) is 5.75 Å². The van der Waals surface area contributed by atoms with Crippen molar-refractivity contribution in [1.82, 2.24) is 0 Å². The van der Waals surface area contributed by atoms with E-state index in [-0.39, 0.29) is 0 Å². The summed E-state index contributed by atoms with van der Waals surface area (Å²) in [5.41, 5.74) is 2.20. The second-order valence-electron chi connectivity index (χ2n) is 3.96. The molecule has 0 saturated heterocycles. The average molecular weight is 269 g/mol. The van der Waals surface area contributed by atoms with Gasteiger partial charge in [0.2, 0.25) is 0 Å². The number of hydrogen-bond donors (Lipinski definition) is 0. The predicted molar refractivity (Wildman–Crippen MR) is 77.3 cm³/mol. The molecule has 0 bridgehead atoms. The fourth-order valence-corrected chi connectivity index (χ4v) is 1.63. The minimum Gasteiger partial charge on any atom is -0.423 e. The summed E-state index contributed by atoms with van der Waals surface area (Å²) in [4.78, 5) is 15.7. The lowest BCUT2D eigenvalue weighted by Gasteiger charge is -2.04. The van der Waals surface area contributed by atoms with E-state index in [4.69, 9.17) is 4.74 Å². The fraction of sp³-hybridized carbons (Fsp3) is 0.0667. The van der Waals surface area contributed by atoms with Gasteiger partial charge in [0, 0.05) is 6.07 Å². The van der Waals surface area contributed by atoms with Gasteiger partial charge < -0.3 is 4.74 Å². The molecule has 0 N–H and O–H groups in total. The molecule has 0 aliphatic rings. The van der Waals surface area contributed by atoms with Gasteiger partial charge >= 0.3 is 5.97 Å². The highest BCUT2D eigenvalue weighted by Crippen LogP contribution is 2.20. The first-order valence-electron chi connectivity index (χ1n) is 5.66. The SMILES string of the molecule is Cc1ccc(C(=O)Oc2cccc(N=C=S)c2)cc1. The van der Waals surface area contributed by atoms with E-state index in [9.17, 15) is 4.79 Å². The Morgan fingerprint density at radius 3 is 2.63 bits per heavy atom. The zero-order valence-electron chi connectivity index (χ0n) is 10.3. The third-order valence-electron chi connectivity index (χ3n) is 2.49. The van der Waals surface area contributed by atoms with E-state index in [1.54, 1.807) is 36.4 Å². The van der Waals surface area contributed by atoms with Gasteiger partial charge in [0.05, 0.1) is 16.4 Å². The molecule has 94 valence electrons. The lowest BCUT2D eigenvalue weighted by molar-refractivity contribution is 0.0735. The molecule has 0 aliphatic heterocycles. The maximum Gasteiger partial charge on any atom is 0.343 e. The number of rotatable bonds is 3. The minimum absolute atomic E-state index is 0.400. The third kappa shape index (κ3) is 3.58. The summed E-state index contributed by atoms with van der Waals surface area (Å²) in [5, 5.41) is 2.27. The fourth-order valence-electron chi connectivity index (χ4n) is 1.52. The van der Waals surface area contributed by atoms with Crippen LogP contribution >= 0.6 is 12.2 Å². The van der Waals surface area contributed by atoms with Crippen LogP contribution in [0.15, 0.2) is 53.5 Å². The quantitative estimate of drug-likeness (QED) is 0.366. The highest BCUT2D eigenvalue weighted by Gasteiger charge is 2.08. The molecular formula is C15H11NO2S. The van der Waals surface area contributed by atoms with Gasteiger partial charge in [-0.3, -0.25) is 0 Å². The maximum atomic E-state index is 11.9. The molecule has 2 aromatic carbocycles. The molecule has 0 atom stereocenters. The number of thiocarbonyl (C=S) groups is 1. The number of aliphatic imine (C=N–C) groups is 1. The Balaban J connectivity index is 2.16. The molecule has 19 heavy (non-hydrogen) atoms. The molecule has 2 rings (SSSR count). The smallest absolute Gasteiger partial charge is 0.343 e. The van der Waals surface area contributed by atoms with Crippen molar-refractivity contribution in [2.75, 3.05) is 0 Å².